The van der Waals surface area contributed by atoms with E-state index in [-0.39, 0.29) is 0 Å². The van der Waals surface area contributed by atoms with Gasteiger partial charge in [-0.1, -0.05) is 12.2 Å². The number of rotatable bonds is 7. The van der Waals surface area contributed by atoms with Crippen molar-refractivity contribution in [1.29, 1.82) is 0 Å². The van der Waals surface area contributed by atoms with Gasteiger partial charge in [0.15, 0.2) is 0 Å². The Hall–Kier alpha value is -2.67. The Kier molecular flexibility index (Phi) is 4.78. The molecule has 2 aromatic rings. The van der Waals surface area contributed by atoms with Crippen LogP contribution in [0.4, 0.5) is 17.6 Å². The van der Waals surface area contributed by atoms with E-state index < -0.39 is 0 Å². The number of nitrogens with one attached hydrogen (secondary N) is 3. The largest absolute Gasteiger partial charge is 0.370 e. The first-order chi connectivity index (χ1) is 15.3. The number of anilines is 3. The fourth-order valence-electron chi connectivity index (χ4n) is 6.17. The molecule has 0 spiro atoms. The number of ether oxygens (including phenoxy) is 1. The van der Waals surface area contributed by atoms with E-state index in [1.807, 2.05) is 12.3 Å². The molecule has 0 aromatic carbocycles. The molecule has 162 valence electrons. The highest BCUT2D eigenvalue weighted by molar-refractivity contribution is 5.52. The van der Waals surface area contributed by atoms with Gasteiger partial charge in [-0.25, -0.2) is 9.97 Å². The Morgan fingerprint density at radius 1 is 1.10 bits per heavy atom. The lowest BCUT2D eigenvalue weighted by Crippen LogP contribution is -2.30. The number of allylic oxidation sites excluding steroid dienone is 2. The van der Waals surface area contributed by atoms with Crippen LogP contribution < -0.4 is 16.0 Å². The highest BCUT2D eigenvalue weighted by Crippen LogP contribution is 2.55. The molecule has 0 saturated heterocycles. The van der Waals surface area contributed by atoms with Gasteiger partial charge in [0.25, 0.3) is 0 Å². The van der Waals surface area contributed by atoms with Crippen molar-refractivity contribution in [2.45, 2.75) is 52.0 Å². The zero-order valence-corrected chi connectivity index (χ0v) is 18.0. The van der Waals surface area contributed by atoms with Gasteiger partial charge < -0.3 is 20.7 Å². The molecule has 31 heavy (non-hydrogen) atoms. The summed E-state index contributed by atoms with van der Waals surface area (Å²) in [6.45, 7) is 4.75. The topological polar surface area (TPSA) is 84.0 Å². The summed E-state index contributed by atoms with van der Waals surface area (Å²) in [7, 11) is 0. The van der Waals surface area contributed by atoms with E-state index >= 15 is 0 Å². The Balaban J connectivity index is 1.20. The summed E-state index contributed by atoms with van der Waals surface area (Å²) in [4.78, 5) is 14.1. The van der Waals surface area contributed by atoms with Crippen LogP contribution in [-0.4, -0.2) is 27.5 Å². The quantitative estimate of drug-likeness (QED) is 0.587. The minimum Gasteiger partial charge on any atom is -0.370 e. The molecular weight excluding hydrogens is 388 g/mol. The molecule has 1 aliphatic heterocycles. The van der Waals surface area contributed by atoms with Gasteiger partial charge in [-0.05, 0) is 67.6 Å². The van der Waals surface area contributed by atoms with Gasteiger partial charge in [-0.3, -0.25) is 0 Å². The molecule has 5 atom stereocenters. The van der Waals surface area contributed by atoms with Crippen LogP contribution in [0.3, 0.4) is 0 Å². The molecule has 2 fully saturated rings. The summed E-state index contributed by atoms with van der Waals surface area (Å²) in [5, 5.41) is 10.5. The van der Waals surface area contributed by atoms with E-state index in [0.717, 1.165) is 59.1 Å². The van der Waals surface area contributed by atoms with Gasteiger partial charge in [0.05, 0.1) is 18.9 Å². The van der Waals surface area contributed by atoms with Gasteiger partial charge in [0, 0.05) is 30.9 Å². The van der Waals surface area contributed by atoms with Crippen molar-refractivity contribution in [2.24, 2.45) is 23.7 Å². The van der Waals surface area contributed by atoms with Crippen molar-refractivity contribution < 1.29 is 4.74 Å². The lowest BCUT2D eigenvalue weighted by atomic mass is 9.84. The second-order valence-corrected chi connectivity index (χ2v) is 9.26. The number of hydrogen-bond donors (Lipinski definition) is 3. The van der Waals surface area contributed by atoms with E-state index in [1.165, 1.54) is 24.8 Å². The molecule has 7 nitrogen and oxygen atoms in total. The van der Waals surface area contributed by atoms with Gasteiger partial charge in [-0.2, -0.15) is 4.98 Å². The van der Waals surface area contributed by atoms with Crippen molar-refractivity contribution in [3.8, 4) is 0 Å². The fourth-order valence-corrected chi connectivity index (χ4v) is 6.17. The van der Waals surface area contributed by atoms with Crippen LogP contribution in [0, 0.1) is 23.7 Å². The van der Waals surface area contributed by atoms with Crippen LogP contribution in [0.5, 0.6) is 0 Å². The fraction of sp³-hybridized carbons (Fsp3) is 0.542. The molecule has 2 bridgehead atoms. The number of nitrogens with zero attached hydrogens (tertiary/aromatic N) is 3. The van der Waals surface area contributed by atoms with Crippen molar-refractivity contribution in [2.75, 3.05) is 22.5 Å². The van der Waals surface area contributed by atoms with Crippen molar-refractivity contribution in [1.82, 2.24) is 15.0 Å². The monoisotopic (exact) mass is 418 g/mol. The number of aromatic nitrogens is 3. The second-order valence-electron chi connectivity index (χ2n) is 9.26. The molecule has 4 aliphatic rings. The van der Waals surface area contributed by atoms with Gasteiger partial charge in [-0.15, -0.1) is 0 Å². The summed E-state index contributed by atoms with van der Waals surface area (Å²) in [6, 6.07) is 4.59. The Labute approximate surface area is 183 Å². The maximum Gasteiger partial charge on any atom is 0.225 e. The number of hydrogen-bond acceptors (Lipinski definition) is 7. The SMILES string of the molecule is CCNc1cc(CNc2nc(NC3CC[C@H]4[C@@H]3[C@H]3C=C[C@@H]4C3)nc3c2COC3)ccn1. The van der Waals surface area contributed by atoms with Crippen LogP contribution in [-0.2, 0) is 24.5 Å². The maximum absolute atomic E-state index is 5.69. The average Bonchev–Trinajstić information content (AvgIpc) is 3.56. The summed E-state index contributed by atoms with van der Waals surface area (Å²) >= 11 is 0. The van der Waals surface area contributed by atoms with E-state index in [1.54, 1.807) is 0 Å². The third-order valence-electron chi connectivity index (χ3n) is 7.50. The van der Waals surface area contributed by atoms with E-state index in [2.05, 4.69) is 46.1 Å². The third kappa shape index (κ3) is 3.45. The first-order valence-electron chi connectivity index (χ1n) is 11.6. The van der Waals surface area contributed by atoms with Gasteiger partial charge in [0.2, 0.25) is 5.95 Å². The Morgan fingerprint density at radius 3 is 2.97 bits per heavy atom. The molecular formula is C24H30N6O. The molecule has 3 aliphatic carbocycles. The predicted molar refractivity (Wildman–Crippen MR) is 121 cm³/mol. The smallest absolute Gasteiger partial charge is 0.225 e. The van der Waals surface area contributed by atoms with E-state index in [0.29, 0.717) is 25.8 Å². The minimum atomic E-state index is 0.473. The normalized spacial score (nSPS) is 29.8. The molecule has 0 amide bonds. The van der Waals surface area contributed by atoms with Crippen LogP contribution in [0.2, 0.25) is 0 Å². The Bertz CT molecular complexity index is 1010. The van der Waals surface area contributed by atoms with Crippen molar-refractivity contribution in [3.63, 3.8) is 0 Å². The van der Waals surface area contributed by atoms with Crippen LogP contribution in [0.25, 0.3) is 0 Å². The zero-order valence-electron chi connectivity index (χ0n) is 18.0. The van der Waals surface area contributed by atoms with Crippen LogP contribution >= 0.6 is 0 Å². The molecule has 3 heterocycles. The minimum absolute atomic E-state index is 0.473. The molecule has 2 saturated carbocycles. The Morgan fingerprint density at radius 2 is 2.03 bits per heavy atom. The summed E-state index contributed by atoms with van der Waals surface area (Å²) < 4.78 is 5.69. The second kappa shape index (κ2) is 7.79. The highest BCUT2D eigenvalue weighted by atomic mass is 16.5. The molecule has 0 radical (unpaired) electrons. The summed E-state index contributed by atoms with van der Waals surface area (Å²) in [5.41, 5.74) is 3.25. The molecule has 2 aromatic heterocycles. The number of pyridine rings is 1. The number of fused-ring (bicyclic) bond motifs is 6. The summed E-state index contributed by atoms with van der Waals surface area (Å²) in [6.07, 6.45) is 10.6. The third-order valence-corrected chi connectivity index (χ3v) is 7.50. The first-order valence-corrected chi connectivity index (χ1v) is 11.6. The summed E-state index contributed by atoms with van der Waals surface area (Å²) in [5.74, 6) is 5.66. The van der Waals surface area contributed by atoms with Crippen molar-refractivity contribution >= 4 is 17.6 Å². The van der Waals surface area contributed by atoms with Gasteiger partial charge >= 0.3 is 0 Å². The molecule has 6 rings (SSSR count). The standard InChI is InChI=1S/C24H30N6O/c1-2-25-21-9-14(7-8-26-21)11-27-23-18-12-31-13-20(18)29-24(30-23)28-19-6-5-17-15-3-4-16(10-15)22(17)19/h3-4,7-9,15-17,19,22H,2,5-6,10-13H2,1H3,(H,25,26)(H2,27,28,29,30)/t15-,16+,17-,19?,22+/m1/s1. The van der Waals surface area contributed by atoms with Crippen LogP contribution in [0.1, 0.15) is 43.0 Å². The first kappa shape index (κ1) is 19.0. The van der Waals surface area contributed by atoms with Crippen LogP contribution in [0.15, 0.2) is 30.5 Å². The maximum atomic E-state index is 5.69. The lowest BCUT2D eigenvalue weighted by molar-refractivity contribution is 0.133. The molecule has 1 unspecified atom stereocenters. The zero-order chi connectivity index (χ0) is 20.8. The van der Waals surface area contributed by atoms with Gasteiger partial charge in [0.1, 0.15) is 11.6 Å². The molecule has 3 N–H and O–H groups in total. The average molecular weight is 419 g/mol. The van der Waals surface area contributed by atoms with E-state index in [9.17, 15) is 0 Å². The molecule has 7 heteroatoms. The predicted octanol–water partition coefficient (Wildman–Crippen LogP) is 3.96. The lowest BCUT2D eigenvalue weighted by Gasteiger charge is -2.27. The highest BCUT2D eigenvalue weighted by Gasteiger charge is 2.51. The van der Waals surface area contributed by atoms with E-state index in [4.69, 9.17) is 14.7 Å². The van der Waals surface area contributed by atoms with Crippen molar-refractivity contribution in [3.05, 3.63) is 47.3 Å².